The number of nitrogens with zero attached hydrogens (tertiary/aromatic N) is 4. The fraction of sp³-hybridized carbons (Fsp3) is 0.0566. The van der Waals surface area contributed by atoms with Gasteiger partial charge in [-0.1, -0.05) is 135 Å². The molecule has 5 heteroatoms. The van der Waals surface area contributed by atoms with Crippen LogP contribution in [0.4, 0.5) is 0 Å². The molecular weight excluding hydrogens is 709 g/mol. The molecule has 278 valence electrons. The number of fused-ring (bicyclic) bond motifs is 3. The summed E-state index contributed by atoms with van der Waals surface area (Å²) in [5, 5.41) is 2.11. The Morgan fingerprint density at radius 2 is 1.34 bits per heavy atom. The van der Waals surface area contributed by atoms with Crippen molar-refractivity contribution in [2.45, 2.75) is 19.8 Å². The molecule has 0 aliphatic heterocycles. The molecule has 5 nitrogen and oxygen atoms in total. The molecule has 0 saturated carbocycles. The van der Waals surface area contributed by atoms with Crippen LogP contribution in [0, 0.1) is 6.33 Å². The summed E-state index contributed by atoms with van der Waals surface area (Å²) in [5.74, 6) is 2.20. The largest absolute Gasteiger partial charge is 0.458 e. The molecule has 58 heavy (non-hydrogen) atoms. The number of rotatable bonds is 9. The van der Waals surface area contributed by atoms with Gasteiger partial charge < -0.3 is 4.74 Å². The van der Waals surface area contributed by atoms with Crippen molar-refractivity contribution in [2.24, 2.45) is 0 Å². The summed E-state index contributed by atoms with van der Waals surface area (Å²) in [6, 6.07) is 33.9. The number of para-hydroxylation sites is 1. The van der Waals surface area contributed by atoms with E-state index in [0.717, 1.165) is 38.8 Å². The molecule has 10 rings (SSSR count). The Morgan fingerprint density at radius 1 is 0.621 bits per heavy atom. The van der Waals surface area contributed by atoms with Crippen LogP contribution in [0.3, 0.4) is 0 Å². The van der Waals surface area contributed by atoms with Gasteiger partial charge in [0.05, 0.1) is 36.1 Å². The van der Waals surface area contributed by atoms with Crippen LogP contribution in [-0.4, -0.2) is 14.1 Å². The molecule has 0 N–H and O–H groups in total. The first-order valence-corrected chi connectivity index (χ1v) is 18.9. The molecule has 0 atom stereocenters. The minimum absolute atomic E-state index is 0.125. The lowest BCUT2D eigenvalue weighted by Crippen LogP contribution is -2.30. The summed E-state index contributed by atoms with van der Waals surface area (Å²) >= 11 is 0. The Bertz CT molecular complexity index is 3520. The number of benzene rings is 7. The second-order valence-corrected chi connectivity index (χ2v) is 14.2. The smallest absolute Gasteiger partial charge is 0.268 e. The van der Waals surface area contributed by atoms with Gasteiger partial charge in [0.25, 0.3) is 6.33 Å². The summed E-state index contributed by atoms with van der Waals surface area (Å²) in [4.78, 5) is 4.84. The van der Waals surface area contributed by atoms with Crippen molar-refractivity contribution in [1.82, 2.24) is 14.1 Å². The molecule has 0 bridgehead atoms. The summed E-state index contributed by atoms with van der Waals surface area (Å²) in [6.45, 7) is 4.32. The SMILES string of the molecule is [2H]c1c([2H])c([2H])c(-c2cccc(-c3c([2H])c([2H])c([2H])c([2H])c3[2H])c2-[n+]2[c-]n(-c3cccc(Oc4ccc5c6cc(-c7ccccc7)ccc6n(-c6cc(C(C)C)ccn6)c5c4)c3)cc2)c([2H])c1[2H]. The number of ether oxygens (including phenoxy) is 1. The monoisotopic (exact) mass is 758 g/mol. The third-order valence-corrected chi connectivity index (χ3v) is 10.2. The van der Waals surface area contributed by atoms with E-state index >= 15 is 0 Å². The standard InChI is InChI=1S/C53H40N4O/c1-37(2)41-28-29-54-52(33-41)57-50-27-24-42(38-14-6-3-7-15-38)32-49(50)48-26-25-45(35-51(48)57)58-44-21-12-20-43(34-44)55-30-31-56(36-55)53-46(39-16-8-4-9-17-39)22-13-23-47(53)40-18-10-5-11-19-40/h3-35,37H,1-2H3/i4D,5D,8D,9D,10D,11D,16D,17D,18D,19D. The normalized spacial score (nSPS) is 13.8. The molecule has 0 aliphatic rings. The molecule has 3 heterocycles. The summed E-state index contributed by atoms with van der Waals surface area (Å²) in [6.07, 6.45) is 8.46. The van der Waals surface area contributed by atoms with Crippen LogP contribution < -0.4 is 9.30 Å². The van der Waals surface area contributed by atoms with E-state index in [1.54, 1.807) is 35.2 Å². The molecule has 0 amide bonds. The van der Waals surface area contributed by atoms with Gasteiger partial charge in [-0.15, -0.1) is 0 Å². The van der Waals surface area contributed by atoms with Crippen molar-refractivity contribution in [3.05, 3.63) is 212 Å². The van der Waals surface area contributed by atoms with E-state index in [2.05, 4.69) is 67.2 Å². The fourth-order valence-electron chi connectivity index (χ4n) is 7.43. The molecule has 0 fully saturated rings. The van der Waals surface area contributed by atoms with Gasteiger partial charge in [0, 0.05) is 35.4 Å². The van der Waals surface area contributed by atoms with E-state index in [1.165, 1.54) is 10.1 Å². The molecule has 10 aromatic rings. The highest BCUT2D eigenvalue weighted by atomic mass is 16.5. The lowest BCUT2D eigenvalue weighted by molar-refractivity contribution is -0.598. The number of hydrogen-bond acceptors (Lipinski definition) is 2. The summed E-state index contributed by atoms with van der Waals surface area (Å²) < 4.78 is 97.6. The summed E-state index contributed by atoms with van der Waals surface area (Å²) in [7, 11) is 0. The molecule has 0 saturated heterocycles. The highest BCUT2D eigenvalue weighted by molar-refractivity contribution is 6.10. The zero-order chi connectivity index (χ0) is 47.7. The van der Waals surface area contributed by atoms with Crippen molar-refractivity contribution < 1.29 is 23.0 Å². The summed E-state index contributed by atoms with van der Waals surface area (Å²) in [5.41, 5.74) is 6.20. The van der Waals surface area contributed by atoms with Crippen LogP contribution in [0.5, 0.6) is 11.5 Å². The number of imidazole rings is 1. The quantitative estimate of drug-likeness (QED) is 0.109. The molecule has 0 spiro atoms. The zero-order valence-corrected chi connectivity index (χ0v) is 31.6. The molecule has 3 aromatic heterocycles. The van der Waals surface area contributed by atoms with Crippen LogP contribution in [0.2, 0.25) is 0 Å². The van der Waals surface area contributed by atoms with E-state index in [-0.39, 0.29) is 27.9 Å². The Hall–Kier alpha value is -7.50. The van der Waals surface area contributed by atoms with Gasteiger partial charge in [-0.3, -0.25) is 13.7 Å². The number of pyridine rings is 1. The maximum absolute atomic E-state index is 8.86. The van der Waals surface area contributed by atoms with Gasteiger partial charge in [0.15, 0.2) is 0 Å². The lowest BCUT2D eigenvalue weighted by Gasteiger charge is -2.16. The first kappa shape index (κ1) is 25.6. The second-order valence-electron chi connectivity index (χ2n) is 14.2. The van der Waals surface area contributed by atoms with E-state index in [9.17, 15) is 0 Å². The minimum atomic E-state index is -0.562. The fourth-order valence-corrected chi connectivity index (χ4v) is 7.43. The predicted octanol–water partition coefficient (Wildman–Crippen LogP) is 13.0. The van der Waals surface area contributed by atoms with E-state index in [0.29, 0.717) is 23.1 Å². The van der Waals surface area contributed by atoms with Crippen LogP contribution >= 0.6 is 0 Å². The Morgan fingerprint density at radius 3 is 2.09 bits per heavy atom. The van der Waals surface area contributed by atoms with Crippen molar-refractivity contribution in [1.29, 1.82) is 0 Å². The van der Waals surface area contributed by atoms with Crippen LogP contribution in [0.15, 0.2) is 200 Å². The van der Waals surface area contributed by atoms with Gasteiger partial charge in [-0.25, -0.2) is 4.98 Å². The van der Waals surface area contributed by atoms with Gasteiger partial charge in [0.1, 0.15) is 17.3 Å². The van der Waals surface area contributed by atoms with E-state index in [4.69, 9.17) is 23.4 Å². The van der Waals surface area contributed by atoms with Gasteiger partial charge >= 0.3 is 0 Å². The highest BCUT2D eigenvalue weighted by Gasteiger charge is 2.18. The van der Waals surface area contributed by atoms with Crippen molar-refractivity contribution in [3.63, 3.8) is 0 Å². The average molecular weight is 759 g/mol. The first-order chi connectivity index (χ1) is 32.7. The predicted molar refractivity (Wildman–Crippen MR) is 235 cm³/mol. The molecule has 7 aromatic carbocycles. The maximum atomic E-state index is 8.86. The van der Waals surface area contributed by atoms with Gasteiger partial charge in [-0.2, -0.15) is 0 Å². The molecule has 0 aliphatic carbocycles. The van der Waals surface area contributed by atoms with Crippen LogP contribution in [0.1, 0.15) is 39.0 Å². The molecular formula is C53H40N4O. The van der Waals surface area contributed by atoms with Gasteiger partial charge in [0.2, 0.25) is 0 Å². The average Bonchev–Trinajstić information content (AvgIpc) is 3.97. The molecule has 0 unspecified atom stereocenters. The van der Waals surface area contributed by atoms with Gasteiger partial charge in [-0.05, 0) is 99.5 Å². The zero-order valence-electron chi connectivity index (χ0n) is 41.6. The first-order valence-electron chi connectivity index (χ1n) is 23.9. The number of hydrogen-bond donors (Lipinski definition) is 0. The highest BCUT2D eigenvalue weighted by Crippen LogP contribution is 2.38. The maximum Gasteiger partial charge on any atom is 0.268 e. The van der Waals surface area contributed by atoms with Crippen LogP contribution in [-0.2, 0) is 0 Å². The topological polar surface area (TPSA) is 35.9 Å². The minimum Gasteiger partial charge on any atom is -0.458 e. The lowest BCUT2D eigenvalue weighted by atomic mass is 9.96. The van der Waals surface area contributed by atoms with E-state index < -0.39 is 60.4 Å². The number of aromatic nitrogens is 4. The Kier molecular flexibility index (Phi) is 6.57. The third-order valence-electron chi connectivity index (χ3n) is 10.2. The Labute approximate surface area is 352 Å². The van der Waals surface area contributed by atoms with Crippen molar-refractivity contribution >= 4 is 21.8 Å². The van der Waals surface area contributed by atoms with Crippen molar-refractivity contribution in [2.75, 3.05) is 0 Å². The van der Waals surface area contributed by atoms with E-state index in [1.807, 2.05) is 66.9 Å². The third kappa shape index (κ3) is 6.53. The van der Waals surface area contributed by atoms with Crippen LogP contribution in [0.25, 0.3) is 72.4 Å². The molecule has 0 radical (unpaired) electrons. The van der Waals surface area contributed by atoms with Crippen molar-refractivity contribution in [3.8, 4) is 62.1 Å². The Balaban J connectivity index is 1.08. The second kappa shape index (κ2) is 14.9.